The maximum Gasteiger partial charge on any atom is 0.338 e. The fourth-order valence-corrected chi connectivity index (χ4v) is 2.89. The zero-order valence-electron chi connectivity index (χ0n) is 16.9. The molecule has 9 heteroatoms. The predicted molar refractivity (Wildman–Crippen MR) is 124 cm³/mol. The number of nitrogens with two attached hydrogens (primary N) is 1. The molecular weight excluding hydrogens is 532 g/mol. The second kappa shape index (κ2) is 12.6. The van der Waals surface area contributed by atoms with Crippen molar-refractivity contribution < 1.29 is 23.9 Å². The third-order valence-electron chi connectivity index (χ3n) is 4.27. The van der Waals surface area contributed by atoms with Crippen molar-refractivity contribution >= 4 is 49.7 Å². The Morgan fingerprint density at radius 2 is 1.68 bits per heavy atom. The summed E-state index contributed by atoms with van der Waals surface area (Å²) in [5.41, 5.74) is 8.05. The number of amides is 1. The molecule has 2 aromatic rings. The van der Waals surface area contributed by atoms with Crippen molar-refractivity contribution in [2.75, 3.05) is 5.33 Å². The first-order valence-electron chi connectivity index (χ1n) is 9.56. The molecule has 0 saturated carbocycles. The molecule has 0 aliphatic heterocycles. The van der Waals surface area contributed by atoms with Crippen LogP contribution in [0.5, 0.6) is 0 Å². The summed E-state index contributed by atoms with van der Waals surface area (Å²) >= 11 is 6.34. The highest BCUT2D eigenvalue weighted by atomic mass is 79.9. The highest BCUT2D eigenvalue weighted by Gasteiger charge is 2.23. The van der Waals surface area contributed by atoms with Gasteiger partial charge in [-0.1, -0.05) is 58.4 Å². The molecular formula is C22H24Br2N2O5. The second-order valence-electron chi connectivity index (χ2n) is 6.80. The first-order valence-corrected chi connectivity index (χ1v) is 11.6. The van der Waals surface area contributed by atoms with Gasteiger partial charge in [0.1, 0.15) is 12.6 Å². The zero-order valence-corrected chi connectivity index (χ0v) is 20.1. The molecule has 0 aliphatic carbocycles. The standard InChI is InChI=1S/C22H24Br2N2O5/c1-14(21(28)31-19(24)12-23)26-20(27)18(25)11-15-7-9-17(10-8-15)22(29)30-13-16-5-3-2-4-6-16/h2-10,14,18-19H,11-13,25H2,1H3,(H,26,27)/t14-,18-,19?/m0/s1. The Balaban J connectivity index is 1.83. The highest BCUT2D eigenvalue weighted by molar-refractivity contribution is 9.12. The number of rotatable bonds is 10. The molecule has 0 heterocycles. The average Bonchev–Trinajstić information content (AvgIpc) is 2.78. The van der Waals surface area contributed by atoms with Gasteiger partial charge in [0.25, 0.3) is 0 Å². The summed E-state index contributed by atoms with van der Waals surface area (Å²) in [5, 5.41) is 2.49. The third kappa shape index (κ3) is 8.43. The number of benzene rings is 2. The fraction of sp³-hybridized carbons (Fsp3) is 0.318. The Bertz CT molecular complexity index is 877. The van der Waals surface area contributed by atoms with Crippen LogP contribution in [-0.4, -0.2) is 40.3 Å². The van der Waals surface area contributed by atoms with Gasteiger partial charge in [0.15, 0.2) is 5.01 Å². The van der Waals surface area contributed by atoms with E-state index in [2.05, 4.69) is 37.2 Å². The Hall–Kier alpha value is -2.23. The first-order chi connectivity index (χ1) is 14.8. The molecule has 2 aromatic carbocycles. The van der Waals surface area contributed by atoms with E-state index >= 15 is 0 Å². The van der Waals surface area contributed by atoms with Gasteiger partial charge in [-0.2, -0.15) is 0 Å². The largest absolute Gasteiger partial charge is 0.457 e. The van der Waals surface area contributed by atoms with Gasteiger partial charge in [-0.3, -0.25) is 4.79 Å². The molecule has 166 valence electrons. The molecule has 0 bridgehead atoms. The quantitative estimate of drug-likeness (QED) is 0.344. The number of halogens is 2. The lowest BCUT2D eigenvalue weighted by Gasteiger charge is -2.18. The van der Waals surface area contributed by atoms with Crippen molar-refractivity contribution in [2.24, 2.45) is 5.73 Å². The van der Waals surface area contributed by atoms with Crippen LogP contribution in [-0.2, 0) is 32.1 Å². The molecule has 0 aromatic heterocycles. The first kappa shape index (κ1) is 25.0. The van der Waals surface area contributed by atoms with E-state index in [9.17, 15) is 14.4 Å². The molecule has 0 fully saturated rings. The van der Waals surface area contributed by atoms with Crippen molar-refractivity contribution in [3.63, 3.8) is 0 Å². The second-order valence-corrected chi connectivity index (χ2v) is 8.47. The number of hydrogen-bond acceptors (Lipinski definition) is 6. The van der Waals surface area contributed by atoms with E-state index in [1.807, 2.05) is 30.3 Å². The van der Waals surface area contributed by atoms with Gasteiger partial charge in [0.2, 0.25) is 5.91 Å². The number of alkyl halides is 2. The maximum atomic E-state index is 12.3. The van der Waals surface area contributed by atoms with Crippen molar-refractivity contribution in [3.8, 4) is 0 Å². The Kier molecular flexibility index (Phi) is 10.2. The van der Waals surface area contributed by atoms with Crippen LogP contribution in [0.3, 0.4) is 0 Å². The minimum absolute atomic E-state index is 0.193. The monoisotopic (exact) mass is 554 g/mol. The highest BCUT2D eigenvalue weighted by Crippen LogP contribution is 2.11. The van der Waals surface area contributed by atoms with Gasteiger partial charge in [-0.05, 0) is 52.5 Å². The fourth-order valence-electron chi connectivity index (χ4n) is 2.57. The molecule has 3 atom stereocenters. The molecule has 0 radical (unpaired) electrons. The van der Waals surface area contributed by atoms with Gasteiger partial charge in [-0.15, -0.1) is 0 Å². The van der Waals surface area contributed by atoms with Crippen LogP contribution in [0.15, 0.2) is 54.6 Å². The normalized spacial score (nSPS) is 13.5. The number of ether oxygens (including phenoxy) is 2. The Labute approximate surface area is 197 Å². The molecule has 1 amide bonds. The van der Waals surface area contributed by atoms with E-state index in [1.54, 1.807) is 24.3 Å². The third-order valence-corrected chi connectivity index (χ3v) is 6.24. The van der Waals surface area contributed by atoms with E-state index in [0.29, 0.717) is 10.9 Å². The number of carbonyl (C=O) groups is 3. The number of carbonyl (C=O) groups excluding carboxylic acids is 3. The average molecular weight is 556 g/mol. The molecule has 1 unspecified atom stereocenters. The number of nitrogens with one attached hydrogen (secondary N) is 1. The number of hydrogen-bond donors (Lipinski definition) is 2. The lowest BCUT2D eigenvalue weighted by atomic mass is 10.0. The van der Waals surface area contributed by atoms with Gasteiger partial charge in [0.05, 0.1) is 16.9 Å². The predicted octanol–water partition coefficient (Wildman–Crippen LogP) is 3.08. The zero-order chi connectivity index (χ0) is 22.8. The maximum absolute atomic E-state index is 12.3. The smallest absolute Gasteiger partial charge is 0.338 e. The summed E-state index contributed by atoms with van der Waals surface area (Å²) in [6.07, 6.45) is 0.245. The minimum atomic E-state index is -0.859. The summed E-state index contributed by atoms with van der Waals surface area (Å²) in [6, 6.07) is 14.4. The molecule has 2 rings (SSSR count). The lowest BCUT2D eigenvalue weighted by molar-refractivity contribution is -0.147. The molecule has 3 N–H and O–H groups in total. The van der Waals surface area contributed by atoms with Crippen molar-refractivity contribution in [1.82, 2.24) is 5.32 Å². The molecule has 0 spiro atoms. The van der Waals surface area contributed by atoms with Crippen molar-refractivity contribution in [2.45, 2.75) is 37.0 Å². The molecule has 31 heavy (non-hydrogen) atoms. The van der Waals surface area contributed by atoms with Crippen LogP contribution in [0.2, 0.25) is 0 Å². The minimum Gasteiger partial charge on any atom is -0.457 e. The van der Waals surface area contributed by atoms with Crippen LogP contribution < -0.4 is 11.1 Å². The van der Waals surface area contributed by atoms with E-state index in [0.717, 1.165) is 11.1 Å². The molecule has 0 saturated heterocycles. The Morgan fingerprint density at radius 1 is 1.03 bits per heavy atom. The van der Waals surface area contributed by atoms with Crippen LogP contribution in [0.25, 0.3) is 0 Å². The van der Waals surface area contributed by atoms with Crippen molar-refractivity contribution in [3.05, 3.63) is 71.3 Å². The van der Waals surface area contributed by atoms with Gasteiger partial charge in [0, 0.05) is 0 Å². The summed E-state index contributed by atoms with van der Waals surface area (Å²) in [4.78, 5) is 36.4. The van der Waals surface area contributed by atoms with Crippen LogP contribution in [0.4, 0.5) is 0 Å². The molecule has 0 aliphatic rings. The van der Waals surface area contributed by atoms with E-state index < -0.39 is 34.9 Å². The topological polar surface area (TPSA) is 108 Å². The SMILES string of the molecule is C[C@H](NC(=O)[C@@H](N)Cc1ccc(C(=O)OCc2ccccc2)cc1)C(=O)OC(Br)CBr. The molecule has 7 nitrogen and oxygen atoms in total. The van der Waals surface area contributed by atoms with Gasteiger partial charge >= 0.3 is 11.9 Å². The van der Waals surface area contributed by atoms with Crippen LogP contribution in [0, 0.1) is 0 Å². The van der Waals surface area contributed by atoms with Crippen LogP contribution >= 0.6 is 31.9 Å². The van der Waals surface area contributed by atoms with Gasteiger partial charge < -0.3 is 20.5 Å². The summed E-state index contributed by atoms with van der Waals surface area (Å²) in [7, 11) is 0. The lowest BCUT2D eigenvalue weighted by Crippen LogP contribution is -2.48. The van der Waals surface area contributed by atoms with E-state index in [1.165, 1.54) is 6.92 Å². The summed E-state index contributed by atoms with van der Waals surface area (Å²) in [6.45, 7) is 1.72. The van der Waals surface area contributed by atoms with Crippen molar-refractivity contribution in [1.29, 1.82) is 0 Å². The summed E-state index contributed by atoms with van der Waals surface area (Å²) < 4.78 is 10.4. The number of esters is 2. The summed E-state index contributed by atoms with van der Waals surface area (Å²) in [5.74, 6) is -1.47. The van der Waals surface area contributed by atoms with Gasteiger partial charge in [-0.25, -0.2) is 9.59 Å². The van der Waals surface area contributed by atoms with Crippen LogP contribution in [0.1, 0.15) is 28.4 Å². The van der Waals surface area contributed by atoms with E-state index in [-0.39, 0.29) is 13.0 Å². The van der Waals surface area contributed by atoms with E-state index in [4.69, 9.17) is 15.2 Å². The Morgan fingerprint density at radius 3 is 2.29 bits per heavy atom.